The monoisotopic (exact) mass is 745 g/mol. The van der Waals surface area contributed by atoms with Crippen molar-refractivity contribution in [2.75, 3.05) is 0 Å². The zero-order valence-electron chi connectivity index (χ0n) is 45.3. The molecule has 0 amide bonds. The third-order valence-electron chi connectivity index (χ3n) is 10.1. The normalized spacial score (nSPS) is 15.8. The fourth-order valence-corrected chi connectivity index (χ4v) is 7.70. The second-order valence-corrected chi connectivity index (χ2v) is 13.2. The summed E-state index contributed by atoms with van der Waals surface area (Å²) in [6.45, 7) is 0. The maximum absolute atomic E-state index is 9.66. The molecule has 6 nitrogen and oxygen atoms in total. The maximum Gasteiger partial charge on any atom is 0.238 e. The van der Waals surface area contributed by atoms with Gasteiger partial charge in [0, 0.05) is 43.6 Å². The first-order valence-electron chi connectivity index (χ1n) is 25.8. The van der Waals surface area contributed by atoms with Crippen molar-refractivity contribution < 1.29 is 26.3 Å². The highest BCUT2D eigenvalue weighted by atomic mass is 16.3. The van der Waals surface area contributed by atoms with Crippen molar-refractivity contribution in [1.29, 1.82) is 0 Å². The quantitative estimate of drug-likeness (QED) is 0.176. The molecule has 0 saturated carbocycles. The fraction of sp³-hybridized carbons (Fsp3) is 0. The van der Waals surface area contributed by atoms with Gasteiger partial charge in [-0.05, 0) is 59.6 Å². The average Bonchev–Trinajstić information content (AvgIpc) is 4.07. The van der Waals surface area contributed by atoms with Gasteiger partial charge < -0.3 is 8.98 Å². The van der Waals surface area contributed by atoms with E-state index in [0.717, 1.165) is 38.3 Å². The van der Waals surface area contributed by atoms with Crippen LogP contribution in [0.4, 0.5) is 0 Å². The van der Waals surface area contributed by atoms with Gasteiger partial charge >= 0.3 is 0 Å². The number of fused-ring (bicyclic) bond motifs is 10. The van der Waals surface area contributed by atoms with Crippen LogP contribution in [-0.4, -0.2) is 24.1 Å². The lowest BCUT2D eigenvalue weighted by atomic mass is 10.0. The van der Waals surface area contributed by atoms with E-state index in [1.807, 2.05) is 84.9 Å². The molecule has 0 atom stereocenters. The molecule has 0 fully saturated rings. The first-order valence-corrected chi connectivity index (χ1v) is 17.8. The smallest absolute Gasteiger partial charge is 0.238 e. The Morgan fingerprint density at radius 2 is 1.14 bits per heavy atom. The molecule has 0 saturated heterocycles. The second kappa shape index (κ2) is 12.3. The molecule has 0 aliphatic rings. The molecule has 266 valence electrons. The van der Waals surface area contributed by atoms with E-state index in [1.165, 1.54) is 0 Å². The van der Waals surface area contributed by atoms with Gasteiger partial charge in [0.1, 0.15) is 11.2 Å². The Morgan fingerprint density at radius 3 is 2.02 bits per heavy atom. The molecule has 0 unspecified atom stereocenters. The highest BCUT2D eigenvalue weighted by molar-refractivity contribution is 6.26. The highest BCUT2D eigenvalue weighted by Gasteiger charge is 2.24. The first kappa shape index (κ1) is 19.7. The van der Waals surface area contributed by atoms with Gasteiger partial charge in [-0.25, -0.2) is 4.98 Å². The molecule has 12 aromatic rings. The van der Waals surface area contributed by atoms with Gasteiger partial charge in [0.05, 0.1) is 49.6 Å². The Hall–Kier alpha value is -7.83. The minimum Gasteiger partial charge on any atom is -0.455 e. The predicted molar refractivity (Wildman–Crippen MR) is 232 cm³/mol. The van der Waals surface area contributed by atoms with Crippen molar-refractivity contribution in [3.8, 4) is 45.5 Å². The summed E-state index contributed by atoms with van der Waals surface area (Å²) in [6.07, 6.45) is 0. The van der Waals surface area contributed by atoms with Gasteiger partial charge in [0.15, 0.2) is 11.6 Å². The molecule has 0 aliphatic carbocycles. The summed E-state index contributed by atoms with van der Waals surface area (Å²) >= 11 is 0. The van der Waals surface area contributed by atoms with Crippen LogP contribution in [0.15, 0.2) is 192 Å². The number of benzene rings is 8. The Labute approximate surface area is 349 Å². The molecule has 0 N–H and O–H groups in total. The second-order valence-electron chi connectivity index (χ2n) is 13.2. The molecule has 4 aromatic heterocycles. The van der Waals surface area contributed by atoms with Crippen LogP contribution in [0, 0.1) is 0 Å². The van der Waals surface area contributed by atoms with Crippen molar-refractivity contribution in [1.82, 2.24) is 24.1 Å². The minimum absolute atomic E-state index is 0.202. The lowest BCUT2D eigenvalue weighted by Crippen LogP contribution is -2.06. The maximum atomic E-state index is 9.66. The zero-order chi connectivity index (χ0) is 51.4. The van der Waals surface area contributed by atoms with Gasteiger partial charge in [-0.2, -0.15) is 9.97 Å². The summed E-state index contributed by atoms with van der Waals surface area (Å²) in [6, 6.07) is 17.8. The Kier molecular flexibility index (Phi) is 4.26. The van der Waals surface area contributed by atoms with E-state index >= 15 is 0 Å². The van der Waals surface area contributed by atoms with Gasteiger partial charge in [-0.1, -0.05) is 139 Å². The van der Waals surface area contributed by atoms with E-state index in [9.17, 15) is 4.11 Å². The van der Waals surface area contributed by atoms with Gasteiger partial charge in [-0.15, -0.1) is 0 Å². The lowest BCUT2D eigenvalue weighted by Gasteiger charge is -2.12. The number of hydrogen-bond acceptors (Lipinski definition) is 4. The molecular weight excluding hydrogens is 699 g/mol. The van der Waals surface area contributed by atoms with Crippen LogP contribution >= 0.6 is 0 Å². The number of hydrogen-bond donors (Lipinski definition) is 0. The summed E-state index contributed by atoms with van der Waals surface area (Å²) in [5, 5.41) is 2.91. The molecule has 6 heteroatoms. The topological polar surface area (TPSA) is 61.7 Å². The molecule has 4 heterocycles. The molecule has 0 spiro atoms. The third kappa shape index (κ3) is 4.81. The average molecular weight is 746 g/mol. The summed E-state index contributed by atoms with van der Waals surface area (Å²) in [4.78, 5) is 14.6. The predicted octanol–water partition coefficient (Wildman–Crippen LogP) is 13.0. The number of rotatable bonds is 5. The van der Waals surface area contributed by atoms with E-state index in [2.05, 4.69) is 4.57 Å². The molecule has 8 aromatic carbocycles. The molecule has 12 rings (SSSR count). The Morgan fingerprint density at radius 1 is 0.456 bits per heavy atom. The SMILES string of the molecule is [2H]c1c([2H])c([2H])c(-c2c([2H])c([2H])c([2H])c(-c3nc(-c4c([2H])c([2H])c([2H])c5c4oc4c([2H])c([2H])c([2H])c([2H])c45)nc(-n4c5ccccc5c5c4ccc4c6ccccc6n(-c6ccccc6)c45)n3)c2[2H])c([2H])c1[2H]. The van der Waals surface area contributed by atoms with Crippen molar-refractivity contribution in [3.63, 3.8) is 0 Å². The minimum atomic E-state index is -0.805. The van der Waals surface area contributed by atoms with E-state index in [0.29, 0.717) is 11.0 Å². The lowest BCUT2D eigenvalue weighted by molar-refractivity contribution is 0.669. The van der Waals surface area contributed by atoms with E-state index in [4.69, 9.17) is 37.2 Å². The van der Waals surface area contributed by atoms with Crippen LogP contribution in [0.25, 0.3) is 111 Å². The van der Waals surface area contributed by atoms with Crippen LogP contribution in [0.1, 0.15) is 21.9 Å². The van der Waals surface area contributed by atoms with Gasteiger partial charge in [0.25, 0.3) is 0 Å². The summed E-state index contributed by atoms with van der Waals surface area (Å²) in [7, 11) is 0. The van der Waals surface area contributed by atoms with E-state index in [-0.39, 0.29) is 33.5 Å². The summed E-state index contributed by atoms with van der Waals surface area (Å²) < 4.78 is 151. The van der Waals surface area contributed by atoms with Crippen molar-refractivity contribution in [2.45, 2.75) is 0 Å². The van der Waals surface area contributed by atoms with Crippen LogP contribution in [-0.2, 0) is 0 Å². The van der Waals surface area contributed by atoms with Crippen molar-refractivity contribution in [2.24, 2.45) is 0 Å². The van der Waals surface area contributed by atoms with Crippen LogP contribution in [0.2, 0.25) is 0 Å². The number of furan rings is 1. The third-order valence-corrected chi connectivity index (χ3v) is 10.1. The highest BCUT2D eigenvalue weighted by Crippen LogP contribution is 2.42. The van der Waals surface area contributed by atoms with Crippen molar-refractivity contribution in [3.05, 3.63) is 188 Å². The standard InChI is InChI=1S/C51H31N5O/c1-3-15-32(16-4-1)33-17-13-18-34(31-33)49-52-50(41-25-14-24-39-37-22-9-12-28-45(37)57-48(39)41)54-51(53-49)56-43-27-11-8-23-40(43)46-44(56)30-29-38-36-21-7-10-26-42(36)55(47(38)46)35-19-5-2-6-20-35/h1-31H/i1D,3D,4D,9D,12D,13D,14D,15D,16D,17D,18D,22D,24D,25D,28D,31D. The summed E-state index contributed by atoms with van der Waals surface area (Å²) in [5.74, 6) is -1.17. The van der Waals surface area contributed by atoms with Gasteiger partial charge in [0.2, 0.25) is 5.95 Å². The Balaban J connectivity index is 1.26. The fourth-order valence-electron chi connectivity index (χ4n) is 7.70. The zero-order valence-corrected chi connectivity index (χ0v) is 29.3. The number of para-hydroxylation sites is 5. The van der Waals surface area contributed by atoms with Crippen LogP contribution in [0.5, 0.6) is 0 Å². The molecule has 0 bridgehead atoms. The van der Waals surface area contributed by atoms with Crippen LogP contribution in [0.3, 0.4) is 0 Å². The first-order chi connectivity index (χ1) is 34.9. The van der Waals surface area contributed by atoms with E-state index < -0.39 is 125 Å². The molecule has 57 heavy (non-hydrogen) atoms. The van der Waals surface area contributed by atoms with Gasteiger partial charge in [-0.3, -0.25) is 4.57 Å². The van der Waals surface area contributed by atoms with E-state index in [1.54, 1.807) is 10.6 Å². The molecule has 0 radical (unpaired) electrons. The number of aromatic nitrogens is 5. The largest absolute Gasteiger partial charge is 0.455 e. The number of nitrogens with zero attached hydrogens (tertiary/aromatic N) is 5. The molecule has 0 aliphatic heterocycles. The molecular formula is C51H31N5O. The summed E-state index contributed by atoms with van der Waals surface area (Å²) in [5.41, 5.74) is 0.927. The van der Waals surface area contributed by atoms with Crippen molar-refractivity contribution >= 4 is 65.6 Å². The Bertz CT molecular complexity index is 4440. The van der Waals surface area contributed by atoms with Crippen LogP contribution < -0.4 is 0 Å².